The van der Waals surface area contributed by atoms with Crippen LogP contribution in [-0.2, 0) is 9.59 Å². The normalized spacial score (nSPS) is 17.8. The molecule has 1 atom stereocenters. The number of ketones is 1. The molecular weight excluding hydrogens is 281 g/mol. The highest BCUT2D eigenvalue weighted by Gasteiger charge is 2.35. The van der Waals surface area contributed by atoms with Gasteiger partial charge in [-0.3, -0.25) is 4.79 Å². The van der Waals surface area contributed by atoms with Crippen molar-refractivity contribution in [2.75, 3.05) is 11.9 Å². The maximum atomic E-state index is 13.5. The molecule has 16 heavy (non-hydrogen) atoms. The summed E-state index contributed by atoms with van der Waals surface area (Å²) in [6.07, 6.45) is 0. The average Bonchev–Trinajstić information content (AvgIpc) is 2.67. The lowest BCUT2D eigenvalue weighted by Crippen LogP contribution is -2.23. The minimum absolute atomic E-state index is 0.111. The van der Waals surface area contributed by atoms with E-state index >= 15 is 0 Å². The predicted octanol–water partition coefficient (Wildman–Crippen LogP) is 1.75. The number of Topliss-reactive ketones (excluding diaryl/α,β-unsaturated/α-hetero) is 1. The summed E-state index contributed by atoms with van der Waals surface area (Å²) in [6.45, 7) is 0.111. The molecule has 2 N–H and O–H groups in total. The zero-order chi connectivity index (χ0) is 11.9. The molecule has 6 heteroatoms. The number of aliphatic carboxylic acids is 1. The molecule has 0 aliphatic carbocycles. The Morgan fingerprint density at radius 3 is 2.81 bits per heavy atom. The predicted molar refractivity (Wildman–Crippen MR) is 58.0 cm³/mol. The van der Waals surface area contributed by atoms with E-state index in [9.17, 15) is 14.0 Å². The van der Waals surface area contributed by atoms with Gasteiger partial charge in [0.1, 0.15) is 5.82 Å². The van der Waals surface area contributed by atoms with E-state index < -0.39 is 23.5 Å². The fourth-order valence-electron chi connectivity index (χ4n) is 1.77. The van der Waals surface area contributed by atoms with Crippen LogP contribution in [0.1, 0.15) is 11.5 Å². The van der Waals surface area contributed by atoms with E-state index in [1.54, 1.807) is 0 Å². The number of carbonyl (C=O) groups is 2. The Labute approximate surface area is 98.6 Å². The van der Waals surface area contributed by atoms with Crippen molar-refractivity contribution in [1.82, 2.24) is 0 Å². The number of carbonyl (C=O) groups excluding carboxylic acids is 1. The number of benzene rings is 1. The number of anilines is 1. The zero-order valence-electron chi connectivity index (χ0n) is 7.96. The Bertz CT molecular complexity index is 489. The Morgan fingerprint density at radius 1 is 1.50 bits per heavy atom. The lowest BCUT2D eigenvalue weighted by atomic mass is 9.96. The first-order valence-corrected chi connectivity index (χ1v) is 5.30. The first-order valence-electron chi connectivity index (χ1n) is 4.51. The van der Waals surface area contributed by atoms with E-state index in [2.05, 4.69) is 21.2 Å². The molecule has 0 spiro atoms. The quantitative estimate of drug-likeness (QED) is 0.814. The Hall–Kier alpha value is -1.43. The van der Waals surface area contributed by atoms with Crippen molar-refractivity contribution < 1.29 is 19.1 Å². The summed E-state index contributed by atoms with van der Waals surface area (Å²) < 4.78 is 14.2. The third-order valence-electron chi connectivity index (χ3n) is 2.50. The molecule has 0 fully saturated rings. The van der Waals surface area contributed by atoms with Gasteiger partial charge in [0, 0.05) is 16.6 Å². The molecule has 4 nitrogen and oxygen atoms in total. The van der Waals surface area contributed by atoms with Gasteiger partial charge in [0.05, 0.1) is 11.6 Å². The highest BCUT2D eigenvalue weighted by Crippen LogP contribution is 2.39. The van der Waals surface area contributed by atoms with E-state index in [0.29, 0.717) is 10.2 Å². The SMILES string of the molecule is O=C(O)C(=O)C1CNc2c(Br)ccc(F)c21. The number of fused-ring (bicyclic) bond motifs is 1. The Balaban J connectivity index is 2.51. The summed E-state index contributed by atoms with van der Waals surface area (Å²) in [7, 11) is 0. The van der Waals surface area contributed by atoms with Crippen LogP contribution >= 0.6 is 15.9 Å². The second kappa shape index (κ2) is 3.86. The standard InChI is InChI=1S/C10H7BrFNO3/c11-5-1-2-6(12)7-4(3-13-8(5)7)9(14)10(15)16/h1-2,4,13H,3H2,(H,15,16). The molecule has 1 unspecified atom stereocenters. The number of carboxylic acids is 1. The van der Waals surface area contributed by atoms with Gasteiger partial charge >= 0.3 is 5.97 Å². The maximum Gasteiger partial charge on any atom is 0.372 e. The molecule has 0 saturated heterocycles. The minimum Gasteiger partial charge on any atom is -0.475 e. The van der Waals surface area contributed by atoms with Crippen LogP contribution in [0.4, 0.5) is 10.1 Å². The number of halogens is 2. The number of nitrogens with one attached hydrogen (secondary N) is 1. The third-order valence-corrected chi connectivity index (χ3v) is 3.16. The highest BCUT2D eigenvalue weighted by atomic mass is 79.9. The fraction of sp³-hybridized carbons (Fsp3) is 0.200. The van der Waals surface area contributed by atoms with E-state index in [0.717, 1.165) is 0 Å². The van der Waals surface area contributed by atoms with Gasteiger partial charge < -0.3 is 10.4 Å². The van der Waals surface area contributed by atoms with E-state index in [1.807, 2.05) is 0 Å². The molecule has 1 aromatic rings. The van der Waals surface area contributed by atoms with Gasteiger partial charge in [-0.05, 0) is 28.1 Å². The summed E-state index contributed by atoms with van der Waals surface area (Å²) in [5, 5.41) is 11.4. The summed E-state index contributed by atoms with van der Waals surface area (Å²) >= 11 is 3.21. The first kappa shape index (κ1) is 11.1. The summed E-state index contributed by atoms with van der Waals surface area (Å²) in [4.78, 5) is 21.9. The Morgan fingerprint density at radius 2 is 2.19 bits per heavy atom. The highest BCUT2D eigenvalue weighted by molar-refractivity contribution is 9.10. The lowest BCUT2D eigenvalue weighted by molar-refractivity contribution is -0.149. The van der Waals surface area contributed by atoms with Crippen molar-refractivity contribution in [1.29, 1.82) is 0 Å². The van der Waals surface area contributed by atoms with Crippen molar-refractivity contribution in [3.8, 4) is 0 Å². The van der Waals surface area contributed by atoms with Crippen LogP contribution in [0, 0.1) is 5.82 Å². The van der Waals surface area contributed by atoms with Gasteiger partial charge in [0.15, 0.2) is 0 Å². The second-order valence-electron chi connectivity index (χ2n) is 3.42. The van der Waals surface area contributed by atoms with Crippen LogP contribution in [-0.4, -0.2) is 23.4 Å². The van der Waals surface area contributed by atoms with Gasteiger partial charge in [0.25, 0.3) is 0 Å². The summed E-state index contributed by atoms with van der Waals surface area (Å²) in [6, 6.07) is 2.72. The average molecular weight is 288 g/mol. The van der Waals surface area contributed by atoms with Gasteiger partial charge in [0.2, 0.25) is 5.78 Å². The number of carboxylic acid groups (broad SMARTS) is 1. The monoisotopic (exact) mass is 287 g/mol. The second-order valence-corrected chi connectivity index (χ2v) is 4.28. The number of rotatable bonds is 2. The molecule has 0 bridgehead atoms. The van der Waals surface area contributed by atoms with E-state index in [1.165, 1.54) is 12.1 Å². The summed E-state index contributed by atoms with van der Waals surface area (Å²) in [5.41, 5.74) is 0.585. The molecule has 84 valence electrons. The molecular formula is C10H7BrFNO3. The van der Waals surface area contributed by atoms with Crippen LogP contribution in [0.2, 0.25) is 0 Å². The van der Waals surface area contributed by atoms with Crippen LogP contribution in [0.25, 0.3) is 0 Å². The molecule has 0 saturated carbocycles. The first-order chi connectivity index (χ1) is 7.52. The number of hydrogen-bond acceptors (Lipinski definition) is 3. The maximum absolute atomic E-state index is 13.5. The van der Waals surface area contributed by atoms with E-state index in [4.69, 9.17) is 5.11 Å². The van der Waals surface area contributed by atoms with E-state index in [-0.39, 0.29) is 12.1 Å². The van der Waals surface area contributed by atoms with Crippen LogP contribution in [0.3, 0.4) is 0 Å². The third kappa shape index (κ3) is 1.59. The molecule has 0 amide bonds. The lowest BCUT2D eigenvalue weighted by Gasteiger charge is -2.07. The van der Waals surface area contributed by atoms with Crippen molar-refractivity contribution >= 4 is 33.4 Å². The van der Waals surface area contributed by atoms with Gasteiger partial charge in [-0.25, -0.2) is 9.18 Å². The van der Waals surface area contributed by atoms with Gasteiger partial charge in [-0.2, -0.15) is 0 Å². The molecule has 1 aliphatic heterocycles. The van der Waals surface area contributed by atoms with Crippen LogP contribution in [0.15, 0.2) is 16.6 Å². The van der Waals surface area contributed by atoms with Crippen LogP contribution < -0.4 is 5.32 Å². The summed E-state index contributed by atoms with van der Waals surface area (Å²) in [5.74, 6) is -4.06. The van der Waals surface area contributed by atoms with Crippen molar-refractivity contribution in [3.63, 3.8) is 0 Å². The minimum atomic E-state index is -1.54. The Kier molecular flexibility index (Phi) is 2.67. The topological polar surface area (TPSA) is 66.4 Å². The smallest absolute Gasteiger partial charge is 0.372 e. The zero-order valence-corrected chi connectivity index (χ0v) is 9.54. The van der Waals surface area contributed by atoms with Crippen molar-refractivity contribution in [2.24, 2.45) is 0 Å². The van der Waals surface area contributed by atoms with Crippen molar-refractivity contribution in [3.05, 3.63) is 28.0 Å². The fourth-order valence-corrected chi connectivity index (χ4v) is 2.25. The van der Waals surface area contributed by atoms with Gasteiger partial charge in [-0.1, -0.05) is 0 Å². The largest absolute Gasteiger partial charge is 0.475 e. The molecule has 2 rings (SSSR count). The molecule has 1 aliphatic rings. The molecule has 1 aromatic carbocycles. The van der Waals surface area contributed by atoms with Gasteiger partial charge in [-0.15, -0.1) is 0 Å². The molecule has 1 heterocycles. The molecule has 0 radical (unpaired) electrons. The number of hydrogen-bond donors (Lipinski definition) is 2. The molecule has 0 aromatic heterocycles. The van der Waals surface area contributed by atoms with Crippen LogP contribution in [0.5, 0.6) is 0 Å². The van der Waals surface area contributed by atoms with Crippen molar-refractivity contribution in [2.45, 2.75) is 5.92 Å².